The first-order valence-corrected chi connectivity index (χ1v) is 7.48. The maximum Gasteiger partial charge on any atom is 0.268 e. The van der Waals surface area contributed by atoms with Crippen molar-refractivity contribution in [3.63, 3.8) is 0 Å². The number of aryl methyl sites for hydroxylation is 1. The number of ether oxygens (including phenoxy) is 1. The van der Waals surface area contributed by atoms with Gasteiger partial charge in [0.15, 0.2) is 6.10 Å². The maximum atomic E-state index is 12.7. The number of hydrogen-bond acceptors (Lipinski definition) is 3. The summed E-state index contributed by atoms with van der Waals surface area (Å²) in [7, 11) is 0. The topological polar surface area (TPSA) is 58.6 Å². The second-order valence-electron chi connectivity index (χ2n) is 5.56. The van der Waals surface area contributed by atoms with Gasteiger partial charge in [0.05, 0.1) is 11.4 Å². The van der Waals surface area contributed by atoms with Crippen molar-refractivity contribution < 1.29 is 14.3 Å². The van der Waals surface area contributed by atoms with Crippen LogP contribution in [0.5, 0.6) is 5.75 Å². The van der Waals surface area contributed by atoms with Crippen LogP contribution >= 0.6 is 0 Å². The number of nitrogens with one attached hydrogen (secondary N) is 1. The highest BCUT2D eigenvalue weighted by Gasteiger charge is 2.30. The molecule has 1 atom stereocenters. The minimum Gasteiger partial charge on any atom is -0.481 e. The summed E-state index contributed by atoms with van der Waals surface area (Å²) in [6.45, 7) is 3.68. The van der Waals surface area contributed by atoms with Gasteiger partial charge in [-0.2, -0.15) is 0 Å². The summed E-state index contributed by atoms with van der Waals surface area (Å²) >= 11 is 0. The number of hydrogen-bond donors (Lipinski definition) is 1. The summed E-state index contributed by atoms with van der Waals surface area (Å²) in [5.41, 5.74) is 2.45. The van der Waals surface area contributed by atoms with Crippen molar-refractivity contribution in [1.29, 1.82) is 0 Å². The molecule has 3 rings (SSSR count). The van der Waals surface area contributed by atoms with Crippen molar-refractivity contribution in [1.82, 2.24) is 0 Å². The Hall–Kier alpha value is -2.82. The molecule has 1 heterocycles. The molecular formula is C18H18N2O3. The van der Waals surface area contributed by atoms with Crippen LogP contribution in [-0.2, 0) is 9.59 Å². The van der Waals surface area contributed by atoms with E-state index in [-0.39, 0.29) is 18.4 Å². The third-order valence-electron chi connectivity index (χ3n) is 3.72. The summed E-state index contributed by atoms with van der Waals surface area (Å²) in [6.07, 6.45) is -0.684. The third kappa shape index (κ3) is 3.18. The molecule has 5 nitrogen and oxygen atoms in total. The molecule has 0 fully saturated rings. The normalized spacial score (nSPS) is 14.7. The molecule has 0 aliphatic carbocycles. The number of anilines is 2. The minimum absolute atomic E-state index is 0.00254. The van der Waals surface area contributed by atoms with Gasteiger partial charge in [0, 0.05) is 0 Å². The zero-order valence-electron chi connectivity index (χ0n) is 13.1. The number of carbonyl (C=O) groups excluding carboxylic acids is 2. The molecule has 0 saturated heterocycles. The molecule has 0 bridgehead atoms. The predicted molar refractivity (Wildman–Crippen MR) is 88.7 cm³/mol. The van der Waals surface area contributed by atoms with Crippen LogP contribution in [0, 0.1) is 6.92 Å². The van der Waals surface area contributed by atoms with Crippen LogP contribution in [0.15, 0.2) is 48.5 Å². The number of para-hydroxylation sites is 2. The van der Waals surface area contributed by atoms with Crippen molar-refractivity contribution in [3.8, 4) is 5.75 Å². The molecule has 0 saturated carbocycles. The van der Waals surface area contributed by atoms with Gasteiger partial charge in [-0.1, -0.05) is 29.8 Å². The molecule has 0 aromatic heterocycles. The Balaban J connectivity index is 1.79. The highest BCUT2D eigenvalue weighted by molar-refractivity contribution is 6.10. The Morgan fingerprint density at radius 3 is 2.61 bits per heavy atom. The maximum absolute atomic E-state index is 12.7. The fourth-order valence-electron chi connectivity index (χ4n) is 2.52. The van der Waals surface area contributed by atoms with E-state index in [1.807, 2.05) is 49.4 Å². The molecule has 0 radical (unpaired) electrons. The van der Waals surface area contributed by atoms with Crippen LogP contribution < -0.4 is 15.0 Å². The Morgan fingerprint density at radius 1 is 1.17 bits per heavy atom. The lowest BCUT2D eigenvalue weighted by molar-refractivity contribution is -0.126. The Bertz CT molecular complexity index is 740. The average molecular weight is 310 g/mol. The first kappa shape index (κ1) is 15.1. The Kier molecular flexibility index (Phi) is 4.02. The van der Waals surface area contributed by atoms with Crippen LogP contribution in [0.3, 0.4) is 0 Å². The van der Waals surface area contributed by atoms with E-state index in [4.69, 9.17) is 4.74 Å². The van der Waals surface area contributed by atoms with Gasteiger partial charge in [0.25, 0.3) is 5.91 Å². The molecule has 2 amide bonds. The van der Waals surface area contributed by atoms with Gasteiger partial charge in [-0.05, 0) is 38.1 Å². The fraction of sp³-hybridized carbons (Fsp3) is 0.222. The van der Waals surface area contributed by atoms with Gasteiger partial charge >= 0.3 is 0 Å². The fourth-order valence-corrected chi connectivity index (χ4v) is 2.52. The molecular weight excluding hydrogens is 292 g/mol. The summed E-state index contributed by atoms with van der Waals surface area (Å²) in [6, 6.07) is 14.8. The molecule has 2 aromatic carbocycles. The third-order valence-corrected chi connectivity index (χ3v) is 3.72. The van der Waals surface area contributed by atoms with Crippen molar-refractivity contribution in [2.24, 2.45) is 0 Å². The van der Waals surface area contributed by atoms with Crippen molar-refractivity contribution in [2.75, 3.05) is 16.8 Å². The number of nitrogens with zero attached hydrogens (tertiary/aromatic N) is 1. The van der Waals surface area contributed by atoms with E-state index in [0.717, 1.165) is 5.56 Å². The second kappa shape index (κ2) is 6.12. The zero-order valence-corrected chi connectivity index (χ0v) is 13.1. The van der Waals surface area contributed by atoms with E-state index in [2.05, 4.69) is 5.32 Å². The number of carbonyl (C=O) groups is 2. The van der Waals surface area contributed by atoms with Crippen LogP contribution in [0.4, 0.5) is 11.4 Å². The second-order valence-corrected chi connectivity index (χ2v) is 5.56. The van der Waals surface area contributed by atoms with Crippen molar-refractivity contribution in [3.05, 3.63) is 54.1 Å². The van der Waals surface area contributed by atoms with Gasteiger partial charge in [0.2, 0.25) is 5.91 Å². The van der Waals surface area contributed by atoms with Crippen molar-refractivity contribution >= 4 is 23.2 Å². The predicted octanol–water partition coefficient (Wildman–Crippen LogP) is 2.75. The summed E-state index contributed by atoms with van der Waals surface area (Å²) in [5.74, 6) is 0.179. The highest BCUT2D eigenvalue weighted by Crippen LogP contribution is 2.29. The van der Waals surface area contributed by atoms with E-state index in [1.54, 1.807) is 13.0 Å². The van der Waals surface area contributed by atoms with Crippen LogP contribution in [0.2, 0.25) is 0 Å². The van der Waals surface area contributed by atoms with Crippen LogP contribution in [0.1, 0.15) is 12.5 Å². The monoisotopic (exact) mass is 310 g/mol. The Morgan fingerprint density at radius 2 is 1.87 bits per heavy atom. The molecule has 2 aromatic rings. The van der Waals surface area contributed by atoms with Gasteiger partial charge in [-0.15, -0.1) is 0 Å². The van der Waals surface area contributed by atoms with Gasteiger partial charge in [-0.3, -0.25) is 14.5 Å². The van der Waals surface area contributed by atoms with E-state index >= 15 is 0 Å². The number of fused-ring (bicyclic) bond motifs is 1. The van der Waals surface area contributed by atoms with Gasteiger partial charge in [0.1, 0.15) is 12.3 Å². The van der Waals surface area contributed by atoms with Gasteiger partial charge < -0.3 is 10.1 Å². The SMILES string of the molecule is Cc1ccc(O[C@@H](C)C(=O)N2CC(=O)Nc3ccccc32)cc1. The smallest absolute Gasteiger partial charge is 0.268 e. The van der Waals surface area contributed by atoms with Crippen LogP contribution in [0.25, 0.3) is 0 Å². The summed E-state index contributed by atoms with van der Waals surface area (Å²) in [4.78, 5) is 26.0. The first-order valence-electron chi connectivity index (χ1n) is 7.48. The van der Waals surface area contributed by atoms with E-state index in [0.29, 0.717) is 17.1 Å². The quantitative estimate of drug-likeness (QED) is 0.948. The number of rotatable bonds is 3. The molecule has 1 aliphatic rings. The first-order chi connectivity index (χ1) is 11.0. The van der Waals surface area contributed by atoms with Crippen molar-refractivity contribution in [2.45, 2.75) is 20.0 Å². The number of amides is 2. The lowest BCUT2D eigenvalue weighted by atomic mass is 10.1. The lowest BCUT2D eigenvalue weighted by Gasteiger charge is -2.31. The Labute approximate surface area is 134 Å². The number of benzene rings is 2. The zero-order chi connectivity index (χ0) is 16.4. The average Bonchev–Trinajstić information content (AvgIpc) is 2.55. The molecule has 118 valence electrons. The molecule has 1 aliphatic heterocycles. The molecule has 1 N–H and O–H groups in total. The molecule has 23 heavy (non-hydrogen) atoms. The van der Waals surface area contributed by atoms with E-state index < -0.39 is 6.10 Å². The van der Waals surface area contributed by atoms with Gasteiger partial charge in [-0.25, -0.2) is 0 Å². The summed E-state index contributed by atoms with van der Waals surface area (Å²) < 4.78 is 5.71. The molecule has 0 unspecified atom stereocenters. The minimum atomic E-state index is -0.684. The largest absolute Gasteiger partial charge is 0.481 e. The molecule has 0 spiro atoms. The standard InChI is InChI=1S/C18H18N2O3/c1-12-7-9-14(10-8-12)23-13(2)18(22)20-11-17(21)19-15-5-3-4-6-16(15)20/h3-10,13H,11H2,1-2H3,(H,19,21)/t13-/m0/s1. The van der Waals surface area contributed by atoms with E-state index in [1.165, 1.54) is 4.90 Å². The van der Waals surface area contributed by atoms with Crippen LogP contribution in [-0.4, -0.2) is 24.5 Å². The highest BCUT2D eigenvalue weighted by atomic mass is 16.5. The molecule has 5 heteroatoms. The lowest BCUT2D eigenvalue weighted by Crippen LogP contribution is -2.47. The summed E-state index contributed by atoms with van der Waals surface area (Å²) in [5, 5.41) is 2.77. The van der Waals surface area contributed by atoms with E-state index in [9.17, 15) is 9.59 Å².